The van der Waals surface area contributed by atoms with E-state index in [-0.39, 0.29) is 11.9 Å². The predicted octanol–water partition coefficient (Wildman–Crippen LogP) is 3.99. The fraction of sp³-hybridized carbons (Fsp3) is 0.200. The highest BCUT2D eigenvalue weighted by molar-refractivity contribution is 5.78. The van der Waals surface area contributed by atoms with Gasteiger partial charge in [-0.15, -0.1) is 0 Å². The van der Waals surface area contributed by atoms with Gasteiger partial charge in [0.2, 0.25) is 0 Å². The third-order valence-electron chi connectivity index (χ3n) is 3.35. The van der Waals surface area contributed by atoms with Crippen LogP contribution in [0.5, 0.6) is 0 Å². The van der Waals surface area contributed by atoms with Crippen molar-refractivity contribution in [3.63, 3.8) is 0 Å². The van der Waals surface area contributed by atoms with Gasteiger partial charge in [-0.1, -0.05) is 24.3 Å². The summed E-state index contributed by atoms with van der Waals surface area (Å²) in [5, 5.41) is 0. The predicted molar refractivity (Wildman–Crippen MR) is 102 cm³/mol. The van der Waals surface area contributed by atoms with Crippen LogP contribution in [0.1, 0.15) is 13.8 Å². The number of carbonyl (C=O) groups is 2. The molecule has 0 aliphatic heterocycles. The second-order valence-electron chi connectivity index (χ2n) is 5.36. The molecular formula is C20H20N2O6. The Labute approximate surface area is 161 Å². The van der Waals surface area contributed by atoms with Crippen molar-refractivity contribution in [2.75, 3.05) is 14.2 Å². The van der Waals surface area contributed by atoms with Gasteiger partial charge in [-0.25, -0.2) is 9.97 Å². The van der Waals surface area contributed by atoms with Crippen LogP contribution >= 0.6 is 0 Å². The number of benzene rings is 2. The van der Waals surface area contributed by atoms with Gasteiger partial charge < -0.3 is 18.3 Å². The van der Waals surface area contributed by atoms with Crippen molar-refractivity contribution in [1.82, 2.24) is 9.97 Å². The summed E-state index contributed by atoms with van der Waals surface area (Å²) < 4.78 is 19.5. The minimum atomic E-state index is -0.245. The number of nitrogens with zero attached hydrogens (tertiary/aromatic N) is 2. The summed E-state index contributed by atoms with van der Waals surface area (Å²) >= 11 is 0. The van der Waals surface area contributed by atoms with Gasteiger partial charge in [0.15, 0.2) is 11.2 Å². The van der Waals surface area contributed by atoms with Crippen molar-refractivity contribution in [1.29, 1.82) is 0 Å². The zero-order valence-electron chi connectivity index (χ0n) is 16.0. The monoisotopic (exact) mass is 384 g/mol. The maximum atomic E-state index is 9.59. The van der Waals surface area contributed by atoms with E-state index in [4.69, 9.17) is 8.83 Å². The van der Waals surface area contributed by atoms with E-state index < -0.39 is 0 Å². The average Bonchev–Trinajstić information content (AvgIpc) is 3.32. The first-order valence-corrected chi connectivity index (χ1v) is 8.25. The number of methoxy groups -OCH3 is 2. The fourth-order valence-corrected chi connectivity index (χ4v) is 1.93. The maximum Gasteiger partial charge on any atom is 0.302 e. The molecule has 8 heteroatoms. The van der Waals surface area contributed by atoms with E-state index in [1.54, 1.807) is 0 Å². The molecule has 0 spiro atoms. The summed E-state index contributed by atoms with van der Waals surface area (Å²) in [5.41, 5.74) is 3.06. The van der Waals surface area contributed by atoms with Crippen LogP contribution < -0.4 is 0 Å². The standard InChI is InChI=1S/C14H8N2O2.2C3H6O2/c1-3-7-11-9(5-1)15-13(17-11)14-16-10-6-2-4-8-12(10)18-14;2*1-3(4)5-2/h1-8H;2*1-2H3. The first-order valence-electron chi connectivity index (χ1n) is 8.25. The van der Waals surface area contributed by atoms with Crippen molar-refractivity contribution in [3.8, 4) is 11.8 Å². The molecule has 2 aromatic carbocycles. The number of esters is 2. The summed E-state index contributed by atoms with van der Waals surface area (Å²) in [7, 11) is 2.70. The summed E-state index contributed by atoms with van der Waals surface area (Å²) in [6.45, 7) is 2.72. The number of ether oxygens (including phenoxy) is 2. The molecule has 0 aliphatic rings. The molecule has 4 aromatic rings. The molecule has 2 heterocycles. The largest absolute Gasteiger partial charge is 0.469 e. The quantitative estimate of drug-likeness (QED) is 0.454. The molecule has 0 saturated carbocycles. The molecular weight excluding hydrogens is 364 g/mol. The van der Waals surface area contributed by atoms with Gasteiger partial charge in [0.1, 0.15) is 11.0 Å². The first-order chi connectivity index (χ1) is 13.4. The highest BCUT2D eigenvalue weighted by Crippen LogP contribution is 2.26. The van der Waals surface area contributed by atoms with Crippen molar-refractivity contribution in [3.05, 3.63) is 48.5 Å². The Bertz CT molecular complexity index is 915. The van der Waals surface area contributed by atoms with E-state index in [1.807, 2.05) is 48.5 Å². The number of fused-ring (bicyclic) bond motifs is 2. The number of hydrogen-bond donors (Lipinski definition) is 0. The molecule has 0 unspecified atom stereocenters. The van der Waals surface area contributed by atoms with Gasteiger partial charge in [0.05, 0.1) is 14.2 Å². The molecule has 0 radical (unpaired) electrons. The molecule has 0 saturated heterocycles. The average molecular weight is 384 g/mol. The summed E-state index contributed by atoms with van der Waals surface area (Å²) in [6, 6.07) is 15.2. The zero-order chi connectivity index (χ0) is 20.5. The van der Waals surface area contributed by atoms with Gasteiger partial charge in [0, 0.05) is 13.8 Å². The lowest BCUT2D eigenvalue weighted by Gasteiger charge is -1.83. The number of carbonyl (C=O) groups excluding carboxylic acids is 2. The number of aromatic nitrogens is 2. The Morgan fingerprint density at radius 1 is 0.714 bits per heavy atom. The van der Waals surface area contributed by atoms with Crippen molar-refractivity contribution >= 4 is 34.1 Å². The van der Waals surface area contributed by atoms with Gasteiger partial charge in [-0.05, 0) is 24.3 Å². The van der Waals surface area contributed by atoms with Crippen LogP contribution in [0, 0.1) is 0 Å². The van der Waals surface area contributed by atoms with E-state index in [2.05, 4.69) is 19.4 Å². The van der Waals surface area contributed by atoms with Crippen molar-refractivity contribution < 1.29 is 27.9 Å². The minimum Gasteiger partial charge on any atom is -0.469 e. The third-order valence-corrected chi connectivity index (χ3v) is 3.35. The molecule has 2 aromatic heterocycles. The molecule has 0 amide bonds. The molecule has 146 valence electrons. The van der Waals surface area contributed by atoms with E-state index >= 15 is 0 Å². The summed E-state index contributed by atoms with van der Waals surface area (Å²) in [4.78, 5) is 27.9. The molecule has 0 atom stereocenters. The lowest BCUT2D eigenvalue weighted by atomic mass is 10.3. The first kappa shape index (κ1) is 20.6. The van der Waals surface area contributed by atoms with E-state index in [9.17, 15) is 9.59 Å². The Kier molecular flexibility index (Phi) is 7.27. The van der Waals surface area contributed by atoms with Crippen LogP contribution in [0.15, 0.2) is 57.4 Å². The van der Waals surface area contributed by atoms with Gasteiger partial charge >= 0.3 is 11.9 Å². The van der Waals surface area contributed by atoms with Crippen LogP contribution in [0.25, 0.3) is 34.0 Å². The number of rotatable bonds is 1. The van der Waals surface area contributed by atoms with Crippen LogP contribution in [-0.2, 0) is 19.1 Å². The van der Waals surface area contributed by atoms with Crippen molar-refractivity contribution in [2.24, 2.45) is 0 Å². The van der Waals surface area contributed by atoms with Gasteiger partial charge in [0.25, 0.3) is 11.8 Å². The Balaban J connectivity index is 0.000000237. The van der Waals surface area contributed by atoms with Crippen LogP contribution in [0.2, 0.25) is 0 Å². The Morgan fingerprint density at radius 2 is 1.04 bits per heavy atom. The topological polar surface area (TPSA) is 105 Å². The van der Waals surface area contributed by atoms with Crippen LogP contribution in [0.3, 0.4) is 0 Å². The Morgan fingerprint density at radius 3 is 1.32 bits per heavy atom. The minimum absolute atomic E-state index is 0.245. The molecule has 0 fully saturated rings. The summed E-state index contributed by atoms with van der Waals surface area (Å²) in [5.74, 6) is 0.329. The Hall–Kier alpha value is -3.68. The lowest BCUT2D eigenvalue weighted by Crippen LogP contribution is -1.88. The van der Waals surface area contributed by atoms with E-state index in [0.29, 0.717) is 11.8 Å². The van der Waals surface area contributed by atoms with E-state index in [0.717, 1.165) is 22.2 Å². The second-order valence-corrected chi connectivity index (χ2v) is 5.36. The molecule has 0 aliphatic carbocycles. The molecule has 8 nitrogen and oxygen atoms in total. The van der Waals surface area contributed by atoms with Crippen LogP contribution in [-0.4, -0.2) is 36.1 Å². The smallest absolute Gasteiger partial charge is 0.302 e. The molecule has 0 bridgehead atoms. The number of hydrogen-bond acceptors (Lipinski definition) is 8. The van der Waals surface area contributed by atoms with Gasteiger partial charge in [-0.3, -0.25) is 9.59 Å². The van der Waals surface area contributed by atoms with E-state index in [1.165, 1.54) is 28.1 Å². The lowest BCUT2D eigenvalue weighted by molar-refractivity contribution is -0.138. The van der Waals surface area contributed by atoms with Crippen molar-refractivity contribution in [2.45, 2.75) is 13.8 Å². The van der Waals surface area contributed by atoms with Crippen LogP contribution in [0.4, 0.5) is 0 Å². The molecule has 4 rings (SSSR count). The third kappa shape index (κ3) is 5.66. The summed E-state index contributed by atoms with van der Waals surface area (Å²) in [6.07, 6.45) is 0. The zero-order valence-corrected chi connectivity index (χ0v) is 16.0. The highest BCUT2D eigenvalue weighted by atomic mass is 16.5. The molecule has 28 heavy (non-hydrogen) atoms. The van der Waals surface area contributed by atoms with Gasteiger partial charge in [-0.2, -0.15) is 0 Å². The number of oxazole rings is 2. The fourth-order valence-electron chi connectivity index (χ4n) is 1.93. The normalized spacial score (nSPS) is 9.71. The SMILES string of the molecule is COC(C)=O.COC(C)=O.c1ccc2oc(-c3nc4ccccc4o3)nc2c1. The highest BCUT2D eigenvalue weighted by Gasteiger charge is 2.14. The maximum absolute atomic E-state index is 9.59. The number of para-hydroxylation sites is 4. The second kappa shape index (κ2) is 9.86. The molecule has 0 N–H and O–H groups in total.